The smallest absolute Gasteiger partial charge is 0.217 e. The van der Waals surface area contributed by atoms with E-state index in [2.05, 4.69) is 20.6 Å². The van der Waals surface area contributed by atoms with E-state index in [1.165, 1.54) is 25.4 Å². The van der Waals surface area contributed by atoms with E-state index in [4.69, 9.17) is 10.5 Å². The van der Waals surface area contributed by atoms with Crippen LogP contribution < -0.4 is 21.1 Å². The lowest BCUT2D eigenvalue weighted by Crippen LogP contribution is -2.36. The Hall–Kier alpha value is -3.07. The van der Waals surface area contributed by atoms with Gasteiger partial charge in [-0.3, -0.25) is 9.59 Å². The molecule has 4 N–H and O–H groups in total. The molecular weight excluding hydrogens is 413 g/mol. The Kier molecular flexibility index (Phi) is 6.36. The summed E-state index contributed by atoms with van der Waals surface area (Å²) >= 11 is 0. The lowest BCUT2D eigenvalue weighted by atomic mass is 9.83. The van der Waals surface area contributed by atoms with E-state index in [1.807, 2.05) is 0 Å². The molecular formula is C23H28FN5O3. The number of nitrogens with zero attached hydrogens (tertiary/aromatic N) is 2. The van der Waals surface area contributed by atoms with Gasteiger partial charge in [0.05, 0.1) is 24.3 Å². The Morgan fingerprint density at radius 1 is 1.25 bits per heavy atom. The van der Waals surface area contributed by atoms with Gasteiger partial charge in [-0.2, -0.15) is 0 Å². The van der Waals surface area contributed by atoms with Gasteiger partial charge < -0.3 is 21.1 Å². The first-order chi connectivity index (χ1) is 15.4. The molecule has 2 unspecified atom stereocenters. The first-order valence-electron chi connectivity index (χ1n) is 10.9. The van der Waals surface area contributed by atoms with Crippen LogP contribution in [-0.2, 0) is 4.79 Å². The summed E-state index contributed by atoms with van der Waals surface area (Å²) in [6, 6.07) is 4.32. The molecule has 1 saturated heterocycles. The van der Waals surface area contributed by atoms with Crippen molar-refractivity contribution < 1.29 is 18.7 Å². The van der Waals surface area contributed by atoms with E-state index in [-0.39, 0.29) is 46.7 Å². The molecule has 2 aromatic rings. The first-order valence-corrected chi connectivity index (χ1v) is 10.9. The second kappa shape index (κ2) is 9.20. The van der Waals surface area contributed by atoms with Crippen LogP contribution in [0.4, 0.5) is 10.2 Å². The van der Waals surface area contributed by atoms with E-state index in [0.29, 0.717) is 11.7 Å². The number of methoxy groups -OCH3 is 1. The van der Waals surface area contributed by atoms with Gasteiger partial charge in [0, 0.05) is 25.2 Å². The van der Waals surface area contributed by atoms with Crippen molar-refractivity contribution in [3.8, 4) is 5.75 Å². The fourth-order valence-corrected chi connectivity index (χ4v) is 4.56. The molecule has 1 aliphatic heterocycles. The molecule has 1 saturated carbocycles. The maximum Gasteiger partial charge on any atom is 0.217 e. The van der Waals surface area contributed by atoms with Gasteiger partial charge >= 0.3 is 0 Å². The minimum Gasteiger partial charge on any atom is -0.496 e. The molecule has 2 atom stereocenters. The van der Waals surface area contributed by atoms with Gasteiger partial charge in [0.2, 0.25) is 11.7 Å². The number of halogens is 1. The van der Waals surface area contributed by atoms with Gasteiger partial charge in [-0.05, 0) is 56.2 Å². The predicted molar refractivity (Wildman–Crippen MR) is 117 cm³/mol. The van der Waals surface area contributed by atoms with Gasteiger partial charge in [-0.25, -0.2) is 14.4 Å². The Labute approximate surface area is 186 Å². The Morgan fingerprint density at radius 2 is 2.00 bits per heavy atom. The Balaban J connectivity index is 1.37. The normalized spacial score (nSPS) is 24.6. The molecule has 1 aromatic heterocycles. The molecule has 4 rings (SSSR count). The maximum absolute atomic E-state index is 13.7. The summed E-state index contributed by atoms with van der Waals surface area (Å²) in [7, 11) is 1.41. The highest BCUT2D eigenvalue weighted by Crippen LogP contribution is 2.37. The van der Waals surface area contributed by atoms with Gasteiger partial charge in [0.1, 0.15) is 23.2 Å². The highest BCUT2D eigenvalue weighted by molar-refractivity contribution is 6.13. The molecule has 0 radical (unpaired) electrons. The van der Waals surface area contributed by atoms with E-state index >= 15 is 0 Å². The third kappa shape index (κ3) is 4.88. The fraction of sp³-hybridized carbons (Fsp3) is 0.478. The van der Waals surface area contributed by atoms with Crippen molar-refractivity contribution in [3.05, 3.63) is 47.2 Å². The zero-order valence-electron chi connectivity index (χ0n) is 18.2. The summed E-state index contributed by atoms with van der Waals surface area (Å²) in [5.41, 5.74) is 6.26. The van der Waals surface area contributed by atoms with E-state index in [0.717, 1.165) is 38.2 Å². The molecule has 1 aromatic carbocycles. The van der Waals surface area contributed by atoms with Crippen LogP contribution in [0.1, 0.15) is 66.8 Å². The second-order valence-electron chi connectivity index (χ2n) is 8.61. The lowest BCUT2D eigenvalue weighted by molar-refractivity contribution is -0.119. The van der Waals surface area contributed by atoms with Crippen LogP contribution in [-0.4, -0.2) is 40.9 Å². The number of nitrogens with one attached hydrogen (secondary N) is 2. The Bertz CT molecular complexity index is 1020. The average molecular weight is 442 g/mol. The molecule has 0 bridgehead atoms. The number of carbonyl (C=O) groups is 2. The van der Waals surface area contributed by atoms with Crippen LogP contribution in [0.2, 0.25) is 0 Å². The topological polar surface area (TPSA) is 129 Å². The maximum atomic E-state index is 13.7. The molecule has 0 spiro atoms. The summed E-state index contributed by atoms with van der Waals surface area (Å²) < 4.78 is 18.8. The molecule has 8 nitrogen and oxygen atoms in total. The Morgan fingerprint density at radius 3 is 2.66 bits per heavy atom. The molecule has 2 heterocycles. The van der Waals surface area contributed by atoms with Crippen molar-refractivity contribution in [2.45, 2.75) is 57.2 Å². The van der Waals surface area contributed by atoms with Crippen LogP contribution in [0.5, 0.6) is 5.75 Å². The zero-order valence-corrected chi connectivity index (χ0v) is 18.2. The summed E-state index contributed by atoms with van der Waals surface area (Å²) in [4.78, 5) is 32.8. The highest BCUT2D eigenvalue weighted by Gasteiger charge is 2.41. The molecule has 9 heteroatoms. The molecule has 2 aliphatic rings. The van der Waals surface area contributed by atoms with Gasteiger partial charge in [-0.15, -0.1) is 0 Å². The number of hydrogen-bond acceptors (Lipinski definition) is 7. The minimum absolute atomic E-state index is 0.0122. The number of ketones is 1. The van der Waals surface area contributed by atoms with Crippen molar-refractivity contribution in [1.82, 2.24) is 20.6 Å². The molecule has 170 valence electrons. The van der Waals surface area contributed by atoms with Crippen molar-refractivity contribution in [3.63, 3.8) is 0 Å². The van der Waals surface area contributed by atoms with Crippen molar-refractivity contribution >= 4 is 17.5 Å². The molecule has 2 fully saturated rings. The monoisotopic (exact) mass is 441 g/mol. The number of nitrogens with two attached hydrogens (primary N) is 1. The summed E-state index contributed by atoms with van der Waals surface area (Å²) in [5, 5.41) is 6.41. The number of rotatable bonds is 7. The van der Waals surface area contributed by atoms with Crippen LogP contribution in [0.3, 0.4) is 0 Å². The van der Waals surface area contributed by atoms with Crippen molar-refractivity contribution in [1.29, 1.82) is 0 Å². The van der Waals surface area contributed by atoms with Crippen molar-refractivity contribution in [2.24, 2.45) is 5.92 Å². The largest absolute Gasteiger partial charge is 0.496 e. The van der Waals surface area contributed by atoms with E-state index in [9.17, 15) is 14.0 Å². The van der Waals surface area contributed by atoms with Crippen LogP contribution in [0.25, 0.3) is 0 Å². The van der Waals surface area contributed by atoms with Gasteiger partial charge in [0.15, 0.2) is 0 Å². The van der Waals surface area contributed by atoms with Crippen LogP contribution in [0.15, 0.2) is 24.4 Å². The third-order valence-electron chi connectivity index (χ3n) is 6.29. The number of amides is 1. The predicted octanol–water partition coefficient (Wildman–Crippen LogP) is 2.54. The van der Waals surface area contributed by atoms with E-state index < -0.39 is 11.6 Å². The summed E-state index contributed by atoms with van der Waals surface area (Å²) in [6.45, 7) is 1.56. The quantitative estimate of drug-likeness (QED) is 0.445. The molecule has 1 amide bonds. The van der Waals surface area contributed by atoms with Crippen LogP contribution in [0, 0.1) is 11.7 Å². The van der Waals surface area contributed by atoms with E-state index in [1.54, 1.807) is 6.92 Å². The third-order valence-corrected chi connectivity index (χ3v) is 6.29. The number of anilines is 1. The minimum atomic E-state index is -0.540. The van der Waals surface area contributed by atoms with Crippen LogP contribution >= 0.6 is 0 Å². The number of nitrogen functional groups attached to an aromatic ring is 1. The number of ether oxygens (including phenoxy) is 1. The second-order valence-corrected chi connectivity index (χ2v) is 8.61. The first kappa shape index (κ1) is 22.1. The number of benzene rings is 1. The standard InChI is InChI=1S/C23H28FN5O3/c1-12(30)27-15-6-3-13(4-7-15)9-18-20(28-18)23-26-11-17(22(25)29-23)21(31)16-10-14(24)5-8-19(16)32-2/h5,8,10-11,13,15,18,20,28H,3-4,6-7,9H2,1-2H3,(H,27,30)(H2,25,26,29). The zero-order chi connectivity index (χ0) is 22.8. The molecule has 32 heavy (non-hydrogen) atoms. The van der Waals surface area contributed by atoms with Gasteiger partial charge in [-0.1, -0.05) is 0 Å². The van der Waals surface area contributed by atoms with Gasteiger partial charge in [0.25, 0.3) is 0 Å². The molecule has 1 aliphatic carbocycles. The average Bonchev–Trinajstić information content (AvgIpc) is 3.53. The summed E-state index contributed by atoms with van der Waals surface area (Å²) in [5.74, 6) is 0.489. The SMILES string of the molecule is COc1ccc(F)cc1C(=O)c1cnc(C2NC2CC2CCC(NC(C)=O)CC2)nc1N. The highest BCUT2D eigenvalue weighted by atomic mass is 19.1. The number of hydrogen-bond donors (Lipinski definition) is 3. The summed E-state index contributed by atoms with van der Waals surface area (Å²) in [6.07, 6.45) is 6.60. The fourth-order valence-electron chi connectivity index (χ4n) is 4.56. The number of carbonyl (C=O) groups excluding carboxylic acids is 2. The van der Waals surface area contributed by atoms with Crippen molar-refractivity contribution in [2.75, 3.05) is 12.8 Å². The lowest BCUT2D eigenvalue weighted by Gasteiger charge is -2.28. The number of aromatic nitrogens is 2.